The molecule has 0 aliphatic carbocycles. The molecular weight excluding hydrogens is 308 g/mol. The van der Waals surface area contributed by atoms with Gasteiger partial charge in [0.15, 0.2) is 6.61 Å². The average Bonchev–Trinajstić information content (AvgIpc) is 3.14. The van der Waals surface area contributed by atoms with Crippen molar-refractivity contribution in [1.29, 1.82) is 0 Å². The summed E-state index contributed by atoms with van der Waals surface area (Å²) in [4.78, 5) is 24.5. The first kappa shape index (κ1) is 17.6. The van der Waals surface area contributed by atoms with Gasteiger partial charge in [0.1, 0.15) is 5.76 Å². The third-order valence-electron chi connectivity index (χ3n) is 3.74. The molecule has 0 aliphatic heterocycles. The van der Waals surface area contributed by atoms with Crippen LogP contribution in [-0.4, -0.2) is 42.0 Å². The Morgan fingerprint density at radius 3 is 2.71 bits per heavy atom. The number of hydrogen-bond acceptors (Lipinski definition) is 4. The van der Waals surface area contributed by atoms with Crippen molar-refractivity contribution in [2.45, 2.75) is 20.4 Å². The molecule has 0 spiro atoms. The number of likely N-dealkylation sites (N-methyl/N-ethyl adjacent to an activating group) is 1. The van der Waals surface area contributed by atoms with E-state index >= 15 is 0 Å². The molecule has 128 valence electrons. The van der Waals surface area contributed by atoms with Crippen LogP contribution in [0.4, 0.5) is 0 Å². The van der Waals surface area contributed by atoms with Gasteiger partial charge in [0.05, 0.1) is 12.8 Å². The van der Waals surface area contributed by atoms with Gasteiger partial charge in [0.2, 0.25) is 0 Å². The van der Waals surface area contributed by atoms with Crippen molar-refractivity contribution in [3.05, 3.63) is 53.2 Å². The second-order valence-corrected chi connectivity index (χ2v) is 5.72. The van der Waals surface area contributed by atoms with Crippen LogP contribution in [-0.2, 0) is 20.9 Å². The van der Waals surface area contributed by atoms with Gasteiger partial charge < -0.3 is 18.6 Å². The zero-order valence-corrected chi connectivity index (χ0v) is 14.4. The summed E-state index contributed by atoms with van der Waals surface area (Å²) in [6.45, 7) is 4.37. The van der Waals surface area contributed by atoms with Gasteiger partial charge in [-0.1, -0.05) is 0 Å². The molecule has 6 nitrogen and oxygen atoms in total. The summed E-state index contributed by atoms with van der Waals surface area (Å²) in [5.41, 5.74) is 3.02. The SMILES string of the molecule is Cc1cc(C=CC(=O)OCC(=O)N(C)C)c(C)n1Cc1ccco1. The standard InChI is InChI=1S/C18H22N2O4/c1-13-10-15(7-8-18(22)24-12-17(21)19(3)4)14(2)20(13)11-16-6-5-9-23-16/h5-10H,11-12H2,1-4H3. The molecule has 2 rings (SSSR count). The molecule has 0 saturated carbocycles. The zero-order valence-electron chi connectivity index (χ0n) is 14.4. The van der Waals surface area contributed by atoms with Crippen LogP contribution in [0, 0.1) is 13.8 Å². The number of ether oxygens (including phenoxy) is 1. The van der Waals surface area contributed by atoms with E-state index in [-0.39, 0.29) is 12.5 Å². The molecule has 0 unspecified atom stereocenters. The van der Waals surface area contributed by atoms with Crippen molar-refractivity contribution in [1.82, 2.24) is 9.47 Å². The highest BCUT2D eigenvalue weighted by Gasteiger charge is 2.10. The van der Waals surface area contributed by atoms with Crippen molar-refractivity contribution in [3.63, 3.8) is 0 Å². The van der Waals surface area contributed by atoms with Crippen LogP contribution in [0.1, 0.15) is 22.7 Å². The van der Waals surface area contributed by atoms with Crippen LogP contribution in [0.3, 0.4) is 0 Å². The molecule has 0 radical (unpaired) electrons. The smallest absolute Gasteiger partial charge is 0.331 e. The fourth-order valence-electron chi connectivity index (χ4n) is 2.27. The topological polar surface area (TPSA) is 64.7 Å². The molecule has 1 amide bonds. The van der Waals surface area contributed by atoms with Crippen molar-refractivity contribution in [2.24, 2.45) is 0 Å². The van der Waals surface area contributed by atoms with Crippen molar-refractivity contribution in [3.8, 4) is 0 Å². The third kappa shape index (κ3) is 4.38. The fraction of sp³-hybridized carbons (Fsp3) is 0.333. The van der Waals surface area contributed by atoms with Gasteiger partial charge in [-0.25, -0.2) is 4.79 Å². The molecule has 6 heteroatoms. The molecule has 24 heavy (non-hydrogen) atoms. The fourth-order valence-corrected chi connectivity index (χ4v) is 2.27. The van der Waals surface area contributed by atoms with Crippen LogP contribution in [0.25, 0.3) is 6.08 Å². The van der Waals surface area contributed by atoms with Gasteiger partial charge >= 0.3 is 5.97 Å². The lowest BCUT2D eigenvalue weighted by Crippen LogP contribution is -2.27. The largest absolute Gasteiger partial charge is 0.467 e. The maximum Gasteiger partial charge on any atom is 0.331 e. The summed E-state index contributed by atoms with van der Waals surface area (Å²) in [6, 6.07) is 5.77. The van der Waals surface area contributed by atoms with E-state index in [0.29, 0.717) is 6.54 Å². The van der Waals surface area contributed by atoms with Crippen LogP contribution < -0.4 is 0 Å². The molecule has 0 saturated heterocycles. The lowest BCUT2D eigenvalue weighted by molar-refractivity contribution is -0.146. The Morgan fingerprint density at radius 2 is 2.08 bits per heavy atom. The summed E-state index contributed by atoms with van der Waals surface area (Å²) in [7, 11) is 3.22. The van der Waals surface area contributed by atoms with E-state index in [2.05, 4.69) is 4.57 Å². The molecule has 2 heterocycles. The minimum Gasteiger partial charge on any atom is -0.467 e. The molecule has 0 atom stereocenters. The van der Waals surface area contributed by atoms with Crippen molar-refractivity contribution in [2.75, 3.05) is 20.7 Å². The summed E-state index contributed by atoms with van der Waals surface area (Å²) in [5, 5.41) is 0. The number of nitrogens with zero attached hydrogens (tertiary/aromatic N) is 2. The Balaban J connectivity index is 2.02. The highest BCUT2D eigenvalue weighted by atomic mass is 16.5. The molecular formula is C18H22N2O4. The van der Waals surface area contributed by atoms with Gasteiger partial charge in [0.25, 0.3) is 5.91 Å². The molecule has 0 aliphatic rings. The number of esters is 1. The monoisotopic (exact) mass is 330 g/mol. The third-order valence-corrected chi connectivity index (χ3v) is 3.74. The number of carbonyl (C=O) groups excluding carboxylic acids is 2. The second kappa shape index (κ2) is 7.68. The molecule has 0 N–H and O–H groups in total. The van der Waals surface area contributed by atoms with E-state index in [1.165, 1.54) is 11.0 Å². The van der Waals surface area contributed by atoms with E-state index in [9.17, 15) is 9.59 Å². The Kier molecular flexibility index (Phi) is 5.63. The van der Waals surface area contributed by atoms with E-state index < -0.39 is 5.97 Å². The summed E-state index contributed by atoms with van der Waals surface area (Å²) in [5.74, 6) is 0.0725. The van der Waals surface area contributed by atoms with E-state index in [1.807, 2.05) is 32.0 Å². The second-order valence-electron chi connectivity index (χ2n) is 5.72. The summed E-state index contributed by atoms with van der Waals surface area (Å²) >= 11 is 0. The minimum atomic E-state index is -0.541. The Labute approximate surface area is 141 Å². The first-order valence-electron chi connectivity index (χ1n) is 7.62. The summed E-state index contributed by atoms with van der Waals surface area (Å²) in [6.07, 6.45) is 4.68. The highest BCUT2D eigenvalue weighted by Crippen LogP contribution is 2.18. The number of carbonyl (C=O) groups is 2. The van der Waals surface area contributed by atoms with E-state index in [1.54, 1.807) is 26.4 Å². The van der Waals surface area contributed by atoms with Gasteiger partial charge in [-0.15, -0.1) is 0 Å². The lowest BCUT2D eigenvalue weighted by Gasteiger charge is -2.09. The number of aryl methyl sites for hydroxylation is 1. The predicted octanol–water partition coefficient (Wildman–Crippen LogP) is 2.39. The maximum absolute atomic E-state index is 11.7. The first-order valence-corrected chi connectivity index (χ1v) is 7.62. The van der Waals surface area contributed by atoms with E-state index in [0.717, 1.165) is 22.7 Å². The molecule has 2 aromatic rings. The number of amides is 1. The quantitative estimate of drug-likeness (QED) is 0.602. The Morgan fingerprint density at radius 1 is 1.33 bits per heavy atom. The van der Waals surface area contributed by atoms with Crippen LogP contribution in [0.15, 0.2) is 35.0 Å². The molecule has 0 bridgehead atoms. The number of aromatic nitrogens is 1. The molecule has 0 aromatic carbocycles. The highest BCUT2D eigenvalue weighted by molar-refractivity contribution is 5.89. The van der Waals surface area contributed by atoms with Crippen molar-refractivity contribution < 1.29 is 18.7 Å². The summed E-state index contributed by atoms with van der Waals surface area (Å²) < 4.78 is 12.4. The average molecular weight is 330 g/mol. The van der Waals surface area contributed by atoms with E-state index in [4.69, 9.17) is 9.15 Å². The number of rotatable bonds is 6. The van der Waals surface area contributed by atoms with Gasteiger partial charge in [-0.3, -0.25) is 4.79 Å². The van der Waals surface area contributed by atoms with Gasteiger partial charge in [-0.05, 0) is 43.7 Å². The first-order chi connectivity index (χ1) is 11.4. The lowest BCUT2D eigenvalue weighted by atomic mass is 10.2. The van der Waals surface area contributed by atoms with Gasteiger partial charge in [0, 0.05) is 31.6 Å². The van der Waals surface area contributed by atoms with Crippen LogP contribution in [0.2, 0.25) is 0 Å². The zero-order chi connectivity index (χ0) is 17.7. The normalized spacial score (nSPS) is 11.0. The van der Waals surface area contributed by atoms with Gasteiger partial charge in [-0.2, -0.15) is 0 Å². The Bertz CT molecular complexity index is 739. The molecule has 0 fully saturated rings. The minimum absolute atomic E-state index is 0.256. The Hall–Kier alpha value is -2.76. The maximum atomic E-state index is 11.7. The van der Waals surface area contributed by atoms with Crippen molar-refractivity contribution >= 4 is 18.0 Å². The number of furan rings is 1. The van der Waals surface area contributed by atoms with Crippen LogP contribution in [0.5, 0.6) is 0 Å². The predicted molar refractivity (Wildman–Crippen MR) is 90.4 cm³/mol. The number of hydrogen-bond donors (Lipinski definition) is 0. The van der Waals surface area contributed by atoms with Crippen LogP contribution >= 0.6 is 0 Å². The molecule has 2 aromatic heterocycles.